The van der Waals surface area contributed by atoms with E-state index in [1.807, 2.05) is 55.5 Å². The molecule has 0 unspecified atom stereocenters. The first kappa shape index (κ1) is 16.9. The minimum absolute atomic E-state index is 0.377. The van der Waals surface area contributed by atoms with Crippen molar-refractivity contribution in [1.29, 1.82) is 0 Å². The minimum Gasteiger partial charge on any atom is -0.480 e. The number of amides is 1. The SMILES string of the molecule is CCCC[C@@H](NC(=O)c1c2ccccc2nc2ccccc12)C(=O)O. The number of carboxylic acid groups (broad SMARTS) is 1. The maximum absolute atomic E-state index is 12.9. The minimum atomic E-state index is -1.01. The molecule has 1 amide bonds. The van der Waals surface area contributed by atoms with Crippen molar-refractivity contribution in [1.82, 2.24) is 10.3 Å². The third kappa shape index (κ3) is 3.45. The molecular weight excluding hydrogens is 316 g/mol. The molecule has 0 aliphatic heterocycles. The lowest BCUT2D eigenvalue weighted by molar-refractivity contribution is -0.139. The fraction of sp³-hybridized carbons (Fsp3) is 0.250. The maximum Gasteiger partial charge on any atom is 0.326 e. The molecule has 25 heavy (non-hydrogen) atoms. The molecule has 5 heteroatoms. The molecule has 0 fully saturated rings. The molecule has 0 radical (unpaired) electrons. The first-order chi connectivity index (χ1) is 12.1. The van der Waals surface area contributed by atoms with Gasteiger partial charge in [0, 0.05) is 10.8 Å². The summed E-state index contributed by atoms with van der Waals surface area (Å²) >= 11 is 0. The molecule has 0 bridgehead atoms. The number of hydrogen-bond donors (Lipinski definition) is 2. The molecule has 3 rings (SSSR count). The van der Waals surface area contributed by atoms with E-state index in [-0.39, 0.29) is 5.91 Å². The second kappa shape index (κ2) is 7.30. The molecule has 2 N–H and O–H groups in total. The van der Waals surface area contributed by atoms with Crippen LogP contribution in [-0.2, 0) is 4.79 Å². The molecule has 0 spiro atoms. The molecule has 0 aliphatic carbocycles. The van der Waals surface area contributed by atoms with Crippen LogP contribution in [0.25, 0.3) is 21.8 Å². The van der Waals surface area contributed by atoms with E-state index in [9.17, 15) is 14.7 Å². The van der Waals surface area contributed by atoms with Crippen molar-refractivity contribution in [3.8, 4) is 0 Å². The lowest BCUT2D eigenvalue weighted by atomic mass is 10.0. The van der Waals surface area contributed by atoms with Gasteiger partial charge in [-0.1, -0.05) is 56.2 Å². The Morgan fingerprint density at radius 1 is 1.04 bits per heavy atom. The molecule has 1 heterocycles. The summed E-state index contributed by atoms with van der Waals surface area (Å²) in [6.07, 6.45) is 2.04. The van der Waals surface area contributed by atoms with Crippen LogP contribution in [0.2, 0.25) is 0 Å². The molecule has 1 aromatic heterocycles. The van der Waals surface area contributed by atoms with Crippen molar-refractivity contribution < 1.29 is 14.7 Å². The third-order valence-electron chi connectivity index (χ3n) is 4.26. The second-order valence-electron chi connectivity index (χ2n) is 6.03. The Balaban J connectivity index is 2.08. The van der Waals surface area contributed by atoms with Gasteiger partial charge in [0.15, 0.2) is 0 Å². The highest BCUT2D eigenvalue weighted by Gasteiger charge is 2.23. The number of pyridine rings is 1. The van der Waals surface area contributed by atoms with Crippen LogP contribution in [0.5, 0.6) is 0 Å². The maximum atomic E-state index is 12.9. The number of nitrogens with zero attached hydrogens (tertiary/aromatic N) is 1. The van der Waals surface area contributed by atoms with Gasteiger partial charge >= 0.3 is 5.97 Å². The average molecular weight is 336 g/mol. The standard InChI is InChI=1S/C20H20N2O3/c1-2-3-10-17(20(24)25)22-19(23)18-13-8-4-6-11-15(13)21-16-12-7-5-9-14(16)18/h4-9,11-12,17H,2-3,10H2,1H3,(H,22,23)(H,24,25)/t17-/m1/s1. The summed E-state index contributed by atoms with van der Waals surface area (Å²) in [6, 6.07) is 13.9. The summed E-state index contributed by atoms with van der Waals surface area (Å²) in [5.74, 6) is -1.39. The van der Waals surface area contributed by atoms with Crippen molar-refractivity contribution in [2.75, 3.05) is 0 Å². The van der Waals surface area contributed by atoms with E-state index in [0.717, 1.165) is 23.6 Å². The molecule has 2 aromatic carbocycles. The van der Waals surface area contributed by atoms with E-state index in [2.05, 4.69) is 10.3 Å². The molecule has 1 atom stereocenters. The molecule has 5 nitrogen and oxygen atoms in total. The van der Waals surface area contributed by atoms with Gasteiger partial charge in [0.1, 0.15) is 6.04 Å². The van der Waals surface area contributed by atoms with Gasteiger partial charge in [-0.3, -0.25) is 4.79 Å². The Hall–Kier alpha value is -2.95. The number of hydrogen-bond acceptors (Lipinski definition) is 3. The number of aromatic nitrogens is 1. The number of benzene rings is 2. The summed E-state index contributed by atoms with van der Waals surface area (Å²) in [5.41, 5.74) is 1.91. The Morgan fingerprint density at radius 3 is 2.12 bits per heavy atom. The quantitative estimate of drug-likeness (QED) is 0.672. The number of carbonyl (C=O) groups is 2. The molecule has 3 aromatic rings. The molecular formula is C20H20N2O3. The second-order valence-corrected chi connectivity index (χ2v) is 6.03. The number of nitrogens with one attached hydrogen (secondary N) is 1. The van der Waals surface area contributed by atoms with E-state index in [0.29, 0.717) is 23.0 Å². The van der Waals surface area contributed by atoms with Crippen molar-refractivity contribution in [3.05, 3.63) is 54.1 Å². The number of unbranched alkanes of at least 4 members (excludes halogenated alkanes) is 1. The number of fused-ring (bicyclic) bond motifs is 2. The fourth-order valence-electron chi connectivity index (χ4n) is 2.98. The normalized spacial score (nSPS) is 12.2. The highest BCUT2D eigenvalue weighted by molar-refractivity contribution is 6.16. The fourth-order valence-corrected chi connectivity index (χ4v) is 2.98. The summed E-state index contributed by atoms with van der Waals surface area (Å²) in [6.45, 7) is 1.99. The van der Waals surface area contributed by atoms with E-state index >= 15 is 0 Å². The summed E-state index contributed by atoms with van der Waals surface area (Å²) in [7, 11) is 0. The van der Waals surface area contributed by atoms with Crippen LogP contribution in [0.4, 0.5) is 0 Å². The smallest absolute Gasteiger partial charge is 0.326 e. The number of carboxylic acids is 1. The summed E-state index contributed by atoms with van der Waals surface area (Å²) < 4.78 is 0. The monoisotopic (exact) mass is 336 g/mol. The predicted octanol–water partition coefficient (Wildman–Crippen LogP) is 3.76. The van der Waals surface area contributed by atoms with Crippen LogP contribution in [0.15, 0.2) is 48.5 Å². The van der Waals surface area contributed by atoms with Crippen LogP contribution in [0.3, 0.4) is 0 Å². The van der Waals surface area contributed by atoms with Crippen molar-refractivity contribution in [2.45, 2.75) is 32.2 Å². The van der Waals surface area contributed by atoms with Gasteiger partial charge in [-0.15, -0.1) is 0 Å². The van der Waals surface area contributed by atoms with Crippen LogP contribution in [0, 0.1) is 0 Å². The predicted molar refractivity (Wildman–Crippen MR) is 97.7 cm³/mol. The molecule has 0 saturated heterocycles. The Kier molecular flexibility index (Phi) is 4.93. The van der Waals surface area contributed by atoms with E-state index in [1.54, 1.807) is 0 Å². The Bertz CT molecular complexity index is 883. The number of rotatable bonds is 6. The molecule has 0 saturated carbocycles. The van der Waals surface area contributed by atoms with E-state index in [1.165, 1.54) is 0 Å². The van der Waals surface area contributed by atoms with Crippen molar-refractivity contribution in [3.63, 3.8) is 0 Å². The first-order valence-electron chi connectivity index (χ1n) is 8.43. The average Bonchev–Trinajstić information content (AvgIpc) is 2.62. The molecule has 0 aliphatic rings. The molecule has 128 valence electrons. The van der Waals surface area contributed by atoms with Crippen LogP contribution < -0.4 is 5.32 Å². The Morgan fingerprint density at radius 2 is 1.60 bits per heavy atom. The van der Waals surface area contributed by atoms with Gasteiger partial charge in [0.05, 0.1) is 16.6 Å². The van der Waals surface area contributed by atoms with E-state index in [4.69, 9.17) is 0 Å². The largest absolute Gasteiger partial charge is 0.480 e. The zero-order chi connectivity index (χ0) is 17.8. The van der Waals surface area contributed by atoms with Gasteiger partial charge in [0.2, 0.25) is 0 Å². The van der Waals surface area contributed by atoms with Gasteiger partial charge in [-0.05, 0) is 18.6 Å². The van der Waals surface area contributed by atoms with Crippen LogP contribution in [0.1, 0.15) is 36.5 Å². The highest BCUT2D eigenvalue weighted by Crippen LogP contribution is 2.26. The third-order valence-corrected chi connectivity index (χ3v) is 4.26. The summed E-state index contributed by atoms with van der Waals surface area (Å²) in [5, 5.41) is 13.5. The van der Waals surface area contributed by atoms with E-state index < -0.39 is 12.0 Å². The topological polar surface area (TPSA) is 79.3 Å². The zero-order valence-electron chi connectivity index (χ0n) is 14.0. The lowest BCUT2D eigenvalue weighted by Crippen LogP contribution is -2.40. The van der Waals surface area contributed by atoms with Gasteiger partial charge in [-0.2, -0.15) is 0 Å². The number of aliphatic carboxylic acids is 1. The van der Waals surface area contributed by atoms with Crippen LogP contribution in [-0.4, -0.2) is 28.0 Å². The van der Waals surface area contributed by atoms with Crippen molar-refractivity contribution >= 4 is 33.7 Å². The van der Waals surface area contributed by atoms with Crippen molar-refractivity contribution in [2.24, 2.45) is 0 Å². The van der Waals surface area contributed by atoms with Crippen LogP contribution >= 0.6 is 0 Å². The van der Waals surface area contributed by atoms with Gasteiger partial charge in [0.25, 0.3) is 5.91 Å². The highest BCUT2D eigenvalue weighted by atomic mass is 16.4. The first-order valence-corrected chi connectivity index (χ1v) is 8.43. The number of carbonyl (C=O) groups excluding carboxylic acids is 1. The Labute approximate surface area is 145 Å². The van der Waals surface area contributed by atoms with Gasteiger partial charge < -0.3 is 10.4 Å². The zero-order valence-corrected chi connectivity index (χ0v) is 14.0. The van der Waals surface area contributed by atoms with Gasteiger partial charge in [-0.25, -0.2) is 9.78 Å². The lowest BCUT2D eigenvalue weighted by Gasteiger charge is -2.16. The number of para-hydroxylation sites is 2. The summed E-state index contributed by atoms with van der Waals surface area (Å²) in [4.78, 5) is 29.0.